The fraction of sp³-hybridized carbons (Fsp3) is 0.429. The molecule has 1 rings (SSSR count). The van der Waals surface area contributed by atoms with Crippen LogP contribution in [0.1, 0.15) is 24.6 Å². The van der Waals surface area contributed by atoms with Gasteiger partial charge in [-0.15, -0.1) is 0 Å². The van der Waals surface area contributed by atoms with Crippen LogP contribution in [0.25, 0.3) is 0 Å². The summed E-state index contributed by atoms with van der Waals surface area (Å²) in [5.74, 6) is -0.789. The van der Waals surface area contributed by atoms with E-state index in [0.29, 0.717) is 5.69 Å². The zero-order chi connectivity index (χ0) is 9.14. The van der Waals surface area contributed by atoms with Gasteiger partial charge in [-0.2, -0.15) is 0 Å². The molecule has 1 atom stereocenters. The van der Waals surface area contributed by atoms with Crippen LogP contribution < -0.4 is 0 Å². The number of hydrogen-bond donors (Lipinski definition) is 2. The largest absolute Gasteiger partial charge is 0.481 e. The van der Waals surface area contributed by atoms with Gasteiger partial charge in [0.05, 0.1) is 6.42 Å². The van der Waals surface area contributed by atoms with E-state index in [4.69, 9.17) is 5.11 Å². The van der Waals surface area contributed by atoms with Crippen LogP contribution in [0.15, 0.2) is 6.20 Å². The zero-order valence-electron chi connectivity index (χ0n) is 6.54. The van der Waals surface area contributed by atoms with Crippen LogP contribution in [0.2, 0.25) is 0 Å². The first-order valence-electron chi connectivity index (χ1n) is 3.49. The Balaban J connectivity index is 2.70. The first-order valence-corrected chi connectivity index (χ1v) is 3.49. The topological polar surface area (TPSA) is 66.0 Å². The molecule has 0 spiro atoms. The number of aromatic nitrogens is 2. The summed E-state index contributed by atoms with van der Waals surface area (Å²) in [5.41, 5.74) is 0.419. The zero-order valence-corrected chi connectivity index (χ0v) is 6.54. The number of carbonyl (C=O) groups is 1. The van der Waals surface area contributed by atoms with Crippen LogP contribution in [0, 0.1) is 0 Å². The van der Waals surface area contributed by atoms with E-state index >= 15 is 0 Å². The van der Waals surface area contributed by atoms with Crippen molar-refractivity contribution in [2.24, 2.45) is 0 Å². The van der Waals surface area contributed by atoms with Gasteiger partial charge in [0.25, 0.3) is 0 Å². The average molecular weight is 172 g/mol. The molecule has 1 aromatic heterocycles. The lowest BCUT2D eigenvalue weighted by Crippen LogP contribution is -2.00. The quantitative estimate of drug-likeness (QED) is 0.716. The van der Waals surface area contributed by atoms with Gasteiger partial charge in [0.1, 0.15) is 5.82 Å². The third kappa shape index (κ3) is 2.05. The molecule has 1 unspecified atom stereocenters. The molecule has 66 valence electrons. The number of carboxylic acids is 1. The monoisotopic (exact) mass is 172 g/mol. The van der Waals surface area contributed by atoms with Gasteiger partial charge in [0.15, 0.2) is 6.17 Å². The highest BCUT2D eigenvalue weighted by Gasteiger charge is 2.09. The van der Waals surface area contributed by atoms with Gasteiger partial charge in [-0.3, -0.25) is 4.79 Å². The molecule has 12 heavy (non-hydrogen) atoms. The molecule has 0 amide bonds. The fourth-order valence-corrected chi connectivity index (χ4v) is 0.831. The van der Waals surface area contributed by atoms with E-state index in [-0.39, 0.29) is 12.2 Å². The highest BCUT2D eigenvalue weighted by molar-refractivity contribution is 5.69. The lowest BCUT2D eigenvalue weighted by Gasteiger charge is -1.93. The van der Waals surface area contributed by atoms with Gasteiger partial charge in [-0.1, -0.05) is 0 Å². The number of halogens is 1. The van der Waals surface area contributed by atoms with Gasteiger partial charge < -0.3 is 10.1 Å². The van der Waals surface area contributed by atoms with Crippen LogP contribution in [0.5, 0.6) is 0 Å². The molecule has 0 aliphatic rings. The second-order valence-electron chi connectivity index (χ2n) is 2.48. The molecule has 4 nitrogen and oxygen atoms in total. The minimum Gasteiger partial charge on any atom is -0.481 e. The van der Waals surface area contributed by atoms with Crippen LogP contribution in [-0.2, 0) is 11.2 Å². The Labute approximate surface area is 68.4 Å². The molecule has 0 saturated carbocycles. The molecule has 1 aromatic rings. The van der Waals surface area contributed by atoms with Crippen molar-refractivity contribution >= 4 is 5.97 Å². The number of rotatable bonds is 3. The first-order chi connectivity index (χ1) is 5.59. The number of carboxylic acid groups (broad SMARTS) is 1. The molecule has 0 bridgehead atoms. The summed E-state index contributed by atoms with van der Waals surface area (Å²) in [6.45, 7) is 1.34. The third-order valence-corrected chi connectivity index (χ3v) is 1.37. The summed E-state index contributed by atoms with van der Waals surface area (Å²) in [4.78, 5) is 16.5. The second-order valence-corrected chi connectivity index (χ2v) is 2.48. The van der Waals surface area contributed by atoms with Crippen LogP contribution in [-0.4, -0.2) is 21.0 Å². The molecule has 0 aliphatic heterocycles. The van der Waals surface area contributed by atoms with E-state index in [1.54, 1.807) is 0 Å². The van der Waals surface area contributed by atoms with Crippen molar-refractivity contribution < 1.29 is 14.3 Å². The molecule has 0 aromatic carbocycles. The Hall–Kier alpha value is -1.39. The number of nitrogens with one attached hydrogen (secondary N) is 1. The Morgan fingerprint density at radius 2 is 2.58 bits per heavy atom. The molecular weight excluding hydrogens is 163 g/mol. The number of hydrogen-bond acceptors (Lipinski definition) is 2. The smallest absolute Gasteiger partial charge is 0.309 e. The number of nitrogens with zero attached hydrogens (tertiary/aromatic N) is 1. The number of aliphatic carboxylic acids is 1. The van der Waals surface area contributed by atoms with Crippen molar-refractivity contribution in [3.63, 3.8) is 0 Å². The highest BCUT2D eigenvalue weighted by atomic mass is 19.1. The maximum atomic E-state index is 12.5. The van der Waals surface area contributed by atoms with Crippen LogP contribution in [0.3, 0.4) is 0 Å². The second kappa shape index (κ2) is 3.34. The van der Waals surface area contributed by atoms with E-state index in [9.17, 15) is 9.18 Å². The lowest BCUT2D eigenvalue weighted by atomic mass is 10.3. The van der Waals surface area contributed by atoms with Gasteiger partial charge in [-0.05, 0) is 6.92 Å². The predicted molar refractivity (Wildman–Crippen MR) is 39.5 cm³/mol. The van der Waals surface area contributed by atoms with Gasteiger partial charge >= 0.3 is 5.97 Å². The summed E-state index contributed by atoms with van der Waals surface area (Å²) >= 11 is 0. The normalized spacial score (nSPS) is 12.8. The molecular formula is C7H9FN2O2. The number of aromatic amines is 1. The van der Waals surface area contributed by atoms with Crippen molar-refractivity contribution in [3.05, 3.63) is 17.7 Å². The number of alkyl halides is 1. The molecule has 0 aliphatic carbocycles. The number of imidazole rings is 1. The summed E-state index contributed by atoms with van der Waals surface area (Å²) in [6, 6.07) is 0. The van der Waals surface area contributed by atoms with Crippen molar-refractivity contribution in [1.29, 1.82) is 0 Å². The first kappa shape index (κ1) is 8.70. The summed E-state index contributed by atoms with van der Waals surface area (Å²) in [7, 11) is 0. The Morgan fingerprint density at radius 1 is 1.92 bits per heavy atom. The predicted octanol–water partition coefficient (Wildman–Crippen LogP) is 1.07. The average Bonchev–Trinajstić information content (AvgIpc) is 2.34. The van der Waals surface area contributed by atoms with Crippen molar-refractivity contribution in [2.45, 2.75) is 19.5 Å². The third-order valence-electron chi connectivity index (χ3n) is 1.37. The summed E-state index contributed by atoms with van der Waals surface area (Å²) in [6.07, 6.45) is -0.00764. The van der Waals surface area contributed by atoms with E-state index in [1.165, 1.54) is 13.1 Å². The van der Waals surface area contributed by atoms with E-state index in [0.717, 1.165) is 0 Å². The van der Waals surface area contributed by atoms with Gasteiger partial charge in [-0.25, -0.2) is 9.37 Å². The maximum Gasteiger partial charge on any atom is 0.309 e. The highest BCUT2D eigenvalue weighted by Crippen LogP contribution is 2.11. The van der Waals surface area contributed by atoms with Crippen molar-refractivity contribution in [1.82, 2.24) is 9.97 Å². The van der Waals surface area contributed by atoms with Crippen molar-refractivity contribution in [2.75, 3.05) is 0 Å². The molecule has 5 heteroatoms. The van der Waals surface area contributed by atoms with E-state index in [2.05, 4.69) is 9.97 Å². The number of H-pyrrole nitrogens is 1. The summed E-state index contributed by atoms with van der Waals surface area (Å²) < 4.78 is 12.5. The van der Waals surface area contributed by atoms with Crippen molar-refractivity contribution in [3.8, 4) is 0 Å². The Bertz CT molecular complexity index is 283. The lowest BCUT2D eigenvalue weighted by molar-refractivity contribution is -0.136. The van der Waals surface area contributed by atoms with E-state index < -0.39 is 12.1 Å². The summed E-state index contributed by atoms with van der Waals surface area (Å²) in [5, 5.41) is 8.37. The minimum atomic E-state index is -1.19. The molecule has 0 radical (unpaired) electrons. The Morgan fingerprint density at radius 3 is 3.00 bits per heavy atom. The molecule has 2 N–H and O–H groups in total. The maximum absolute atomic E-state index is 12.5. The van der Waals surface area contributed by atoms with Crippen LogP contribution >= 0.6 is 0 Å². The van der Waals surface area contributed by atoms with Gasteiger partial charge in [0, 0.05) is 11.9 Å². The fourth-order valence-electron chi connectivity index (χ4n) is 0.831. The van der Waals surface area contributed by atoms with Crippen LogP contribution in [0.4, 0.5) is 4.39 Å². The van der Waals surface area contributed by atoms with E-state index in [1.807, 2.05) is 0 Å². The van der Waals surface area contributed by atoms with Gasteiger partial charge in [0.2, 0.25) is 0 Å². The molecule has 0 fully saturated rings. The molecule has 0 saturated heterocycles. The minimum absolute atomic E-state index is 0.153. The SMILES string of the molecule is CC(F)c1ncc(CC(=O)O)[nH]1. The molecule has 1 heterocycles. The standard InChI is InChI=1S/C7H9FN2O2/c1-4(8)7-9-3-5(10-7)2-6(11)12/h3-4H,2H2,1H3,(H,9,10)(H,11,12). The Kier molecular flexibility index (Phi) is 2.42.